The molecular formula is C20H36N4O. The van der Waals surface area contributed by atoms with E-state index in [1.54, 1.807) is 0 Å². The maximum atomic E-state index is 13.1. The Hall–Kier alpha value is -0.650. The van der Waals surface area contributed by atoms with Crippen LogP contribution in [0.25, 0.3) is 0 Å². The Balaban J connectivity index is 1.30. The van der Waals surface area contributed by atoms with Crippen LogP contribution in [-0.4, -0.2) is 78.5 Å². The number of nitrogens with two attached hydrogens (primary N) is 1. The van der Waals surface area contributed by atoms with Gasteiger partial charge in [0.1, 0.15) is 0 Å². The highest BCUT2D eigenvalue weighted by Crippen LogP contribution is 2.42. The van der Waals surface area contributed by atoms with Gasteiger partial charge in [-0.05, 0) is 50.5 Å². The molecule has 0 spiro atoms. The average molecular weight is 349 g/mol. The molecule has 2 saturated heterocycles. The molecule has 0 aromatic heterocycles. The Morgan fingerprint density at radius 3 is 2.32 bits per heavy atom. The maximum Gasteiger partial charge on any atom is 0.225 e. The first-order valence-corrected chi connectivity index (χ1v) is 10.7. The zero-order valence-electron chi connectivity index (χ0n) is 15.9. The van der Waals surface area contributed by atoms with Crippen molar-refractivity contribution in [3.63, 3.8) is 0 Å². The number of fused-ring (bicyclic) bond motifs is 2. The summed E-state index contributed by atoms with van der Waals surface area (Å²) in [5.41, 5.74) is 6.41. The highest BCUT2D eigenvalue weighted by atomic mass is 16.2. The standard InChI is InChI=1S/C20H36N4O/c1-2-22-8-10-23(11-9-22)18-6-7-24(14-18)20(25)17-12-15-4-3-5-16(13-17)19(15)21/h15-19H,2-14,21H2,1H3. The molecule has 0 aromatic carbocycles. The lowest BCUT2D eigenvalue weighted by atomic mass is 9.65. The first-order chi connectivity index (χ1) is 12.2. The van der Waals surface area contributed by atoms with E-state index < -0.39 is 0 Å². The van der Waals surface area contributed by atoms with Gasteiger partial charge in [0, 0.05) is 57.3 Å². The van der Waals surface area contributed by atoms with Gasteiger partial charge in [-0.3, -0.25) is 9.69 Å². The summed E-state index contributed by atoms with van der Waals surface area (Å²) >= 11 is 0. The van der Waals surface area contributed by atoms with E-state index in [1.165, 1.54) is 45.4 Å². The second-order valence-electron chi connectivity index (χ2n) is 8.89. The largest absolute Gasteiger partial charge is 0.341 e. The van der Waals surface area contributed by atoms with E-state index in [1.807, 2.05) is 0 Å². The summed E-state index contributed by atoms with van der Waals surface area (Å²) in [6.07, 6.45) is 7.06. The maximum absolute atomic E-state index is 13.1. The smallest absolute Gasteiger partial charge is 0.225 e. The van der Waals surface area contributed by atoms with Gasteiger partial charge < -0.3 is 15.5 Å². The molecule has 2 saturated carbocycles. The molecule has 5 heteroatoms. The molecule has 3 unspecified atom stereocenters. The molecular weight excluding hydrogens is 312 g/mol. The monoisotopic (exact) mass is 348 g/mol. The van der Waals surface area contributed by atoms with Crippen LogP contribution in [0.3, 0.4) is 0 Å². The van der Waals surface area contributed by atoms with Crippen LogP contribution in [0.15, 0.2) is 0 Å². The summed E-state index contributed by atoms with van der Waals surface area (Å²) in [4.78, 5) is 20.5. The number of nitrogens with zero attached hydrogens (tertiary/aromatic N) is 3. The van der Waals surface area contributed by atoms with Crippen molar-refractivity contribution in [3.8, 4) is 0 Å². The van der Waals surface area contributed by atoms with Crippen LogP contribution >= 0.6 is 0 Å². The molecule has 2 aliphatic carbocycles. The van der Waals surface area contributed by atoms with Gasteiger partial charge in [-0.2, -0.15) is 0 Å². The molecule has 5 nitrogen and oxygen atoms in total. The van der Waals surface area contributed by atoms with Crippen LogP contribution in [0.2, 0.25) is 0 Å². The number of rotatable bonds is 3. The predicted octanol–water partition coefficient (Wildman–Crippen LogP) is 1.38. The minimum Gasteiger partial charge on any atom is -0.341 e. The third-order valence-corrected chi connectivity index (χ3v) is 7.61. The second kappa shape index (κ2) is 7.53. The van der Waals surface area contributed by atoms with Crippen LogP contribution in [0.4, 0.5) is 0 Å². The van der Waals surface area contributed by atoms with Crippen LogP contribution in [0.1, 0.15) is 45.4 Å². The molecule has 2 bridgehead atoms. The molecule has 4 rings (SSSR count). The fourth-order valence-corrected chi connectivity index (χ4v) is 5.93. The second-order valence-corrected chi connectivity index (χ2v) is 8.89. The fraction of sp³-hybridized carbons (Fsp3) is 0.950. The van der Waals surface area contributed by atoms with E-state index in [0.29, 0.717) is 29.8 Å². The molecule has 0 radical (unpaired) electrons. The summed E-state index contributed by atoms with van der Waals surface area (Å²) in [5.74, 6) is 1.90. The fourth-order valence-electron chi connectivity index (χ4n) is 5.93. The SMILES string of the molecule is CCN1CCN(C2CCN(C(=O)C3CC4CCCC(C3)C4N)C2)CC1. The number of hydrogen-bond acceptors (Lipinski definition) is 4. The van der Waals surface area contributed by atoms with Crippen molar-refractivity contribution in [3.05, 3.63) is 0 Å². The quantitative estimate of drug-likeness (QED) is 0.837. The van der Waals surface area contributed by atoms with Gasteiger partial charge in [-0.1, -0.05) is 13.3 Å². The zero-order valence-corrected chi connectivity index (χ0v) is 15.9. The molecule has 3 atom stereocenters. The summed E-state index contributed by atoms with van der Waals surface area (Å²) in [6, 6.07) is 0.951. The third kappa shape index (κ3) is 3.60. The number of carbonyl (C=O) groups excluding carboxylic acids is 1. The topological polar surface area (TPSA) is 52.8 Å². The van der Waals surface area contributed by atoms with Crippen molar-refractivity contribution in [1.82, 2.24) is 14.7 Å². The Labute approximate surface area is 152 Å². The van der Waals surface area contributed by atoms with Gasteiger partial charge in [0.05, 0.1) is 0 Å². The van der Waals surface area contributed by atoms with Crippen molar-refractivity contribution in [1.29, 1.82) is 0 Å². The third-order valence-electron chi connectivity index (χ3n) is 7.61. The summed E-state index contributed by atoms with van der Waals surface area (Å²) < 4.78 is 0. The van der Waals surface area contributed by atoms with Gasteiger partial charge in [0.15, 0.2) is 0 Å². The van der Waals surface area contributed by atoms with Gasteiger partial charge in [0.2, 0.25) is 5.91 Å². The van der Waals surface area contributed by atoms with Crippen LogP contribution in [0, 0.1) is 17.8 Å². The van der Waals surface area contributed by atoms with E-state index >= 15 is 0 Å². The highest BCUT2D eigenvalue weighted by molar-refractivity contribution is 5.79. The van der Waals surface area contributed by atoms with E-state index in [4.69, 9.17) is 5.73 Å². The average Bonchev–Trinajstić information content (AvgIpc) is 3.11. The predicted molar refractivity (Wildman–Crippen MR) is 100 cm³/mol. The zero-order chi connectivity index (χ0) is 17.4. The molecule has 142 valence electrons. The number of amides is 1. The van der Waals surface area contributed by atoms with Crippen molar-refractivity contribution in [2.45, 2.75) is 57.5 Å². The number of likely N-dealkylation sites (N-methyl/N-ethyl adjacent to an activating group) is 1. The summed E-state index contributed by atoms with van der Waals surface area (Å²) in [7, 11) is 0. The number of hydrogen-bond donors (Lipinski definition) is 1. The van der Waals surface area contributed by atoms with Crippen LogP contribution in [-0.2, 0) is 4.79 Å². The molecule has 2 N–H and O–H groups in total. The lowest BCUT2D eigenvalue weighted by Crippen LogP contribution is -2.52. The number of piperazine rings is 1. The normalized spacial score (nSPS) is 40.4. The lowest BCUT2D eigenvalue weighted by molar-refractivity contribution is -0.137. The minimum atomic E-state index is 0.255. The van der Waals surface area contributed by atoms with E-state index in [-0.39, 0.29) is 5.92 Å². The van der Waals surface area contributed by atoms with Crippen LogP contribution in [0.5, 0.6) is 0 Å². The molecule has 4 aliphatic rings. The Morgan fingerprint density at radius 1 is 1.00 bits per heavy atom. The van der Waals surface area contributed by atoms with Crippen molar-refractivity contribution in [2.24, 2.45) is 23.5 Å². The van der Waals surface area contributed by atoms with Crippen molar-refractivity contribution in [2.75, 3.05) is 45.8 Å². The molecule has 4 fully saturated rings. The number of carbonyl (C=O) groups is 1. The van der Waals surface area contributed by atoms with Gasteiger partial charge >= 0.3 is 0 Å². The minimum absolute atomic E-state index is 0.255. The highest BCUT2D eigenvalue weighted by Gasteiger charge is 2.43. The van der Waals surface area contributed by atoms with E-state index in [9.17, 15) is 4.79 Å². The van der Waals surface area contributed by atoms with Gasteiger partial charge in [-0.25, -0.2) is 0 Å². The first-order valence-electron chi connectivity index (χ1n) is 10.7. The molecule has 2 aliphatic heterocycles. The lowest BCUT2D eigenvalue weighted by Gasteiger charge is -2.44. The summed E-state index contributed by atoms with van der Waals surface area (Å²) in [6.45, 7) is 10.0. The molecule has 2 heterocycles. The van der Waals surface area contributed by atoms with Crippen molar-refractivity contribution < 1.29 is 4.79 Å². The Morgan fingerprint density at radius 2 is 1.68 bits per heavy atom. The van der Waals surface area contributed by atoms with Crippen LogP contribution < -0.4 is 5.73 Å². The number of likely N-dealkylation sites (tertiary alicyclic amines) is 1. The molecule has 25 heavy (non-hydrogen) atoms. The van der Waals surface area contributed by atoms with E-state index in [0.717, 1.165) is 38.9 Å². The molecule has 0 aromatic rings. The van der Waals surface area contributed by atoms with Gasteiger partial charge in [-0.15, -0.1) is 0 Å². The van der Waals surface area contributed by atoms with Crippen molar-refractivity contribution >= 4 is 5.91 Å². The van der Waals surface area contributed by atoms with E-state index in [2.05, 4.69) is 21.6 Å². The Kier molecular flexibility index (Phi) is 5.35. The Bertz CT molecular complexity index is 462. The first kappa shape index (κ1) is 17.7. The molecule has 1 amide bonds. The summed E-state index contributed by atoms with van der Waals surface area (Å²) in [5, 5.41) is 0. The van der Waals surface area contributed by atoms with Gasteiger partial charge in [0.25, 0.3) is 0 Å².